The molecule has 0 saturated heterocycles. The quantitative estimate of drug-likeness (QED) is 0.0155. The first-order chi connectivity index (χ1) is 28.2. The number of hydrogen-bond acceptors (Lipinski definition) is 9. The predicted octanol–water partition coefficient (Wildman–Crippen LogP) is 11.3. The number of unbranched alkanes of at least 4 members (excludes halogenated alkanes) is 3. The number of ketones is 1. The average Bonchev–Trinajstić information content (AvgIpc) is 3.20. The summed E-state index contributed by atoms with van der Waals surface area (Å²) in [6, 6.07) is 0. The van der Waals surface area contributed by atoms with E-state index in [1.165, 1.54) is 0 Å². The van der Waals surface area contributed by atoms with Crippen molar-refractivity contribution in [3.05, 3.63) is 122 Å². The lowest BCUT2D eigenvalue weighted by atomic mass is 10.1. The Kier molecular flexibility index (Phi) is 38.5. The summed E-state index contributed by atoms with van der Waals surface area (Å²) >= 11 is 0. The number of carbonyl (C=O) groups excluding carboxylic acids is 3. The minimum atomic E-state index is -4.43. The Hall–Kier alpha value is -3.92. The van der Waals surface area contributed by atoms with Crippen molar-refractivity contribution < 1.29 is 42.4 Å². The molecule has 0 aromatic heterocycles. The van der Waals surface area contributed by atoms with Crippen molar-refractivity contribution in [3.63, 3.8) is 0 Å². The van der Waals surface area contributed by atoms with Gasteiger partial charge in [0.25, 0.3) is 0 Å². The fourth-order valence-electron chi connectivity index (χ4n) is 4.72. The number of hydrogen-bond donors (Lipinski definition) is 2. The van der Waals surface area contributed by atoms with Crippen LogP contribution in [0.3, 0.4) is 0 Å². The molecule has 0 amide bonds. The lowest BCUT2D eigenvalue weighted by molar-refractivity contribution is -0.161. The second-order valence-electron chi connectivity index (χ2n) is 13.2. The molecule has 3 N–H and O–H groups in total. The molecule has 0 radical (unpaired) electrons. The number of ether oxygens (including phenoxy) is 2. The summed E-state index contributed by atoms with van der Waals surface area (Å²) in [5.74, 6) is -0.883. The van der Waals surface area contributed by atoms with Crippen molar-refractivity contribution in [2.45, 2.75) is 129 Å². The first kappa shape index (κ1) is 54.1. The van der Waals surface area contributed by atoms with Crippen molar-refractivity contribution in [2.75, 3.05) is 26.4 Å². The topological polar surface area (TPSA) is 151 Å². The van der Waals surface area contributed by atoms with Gasteiger partial charge in [-0.2, -0.15) is 0 Å². The normalized spacial score (nSPS) is 14.4. The number of rotatable bonds is 37. The molecule has 0 rings (SSSR count). The maximum Gasteiger partial charge on any atom is 0.472 e. The Balaban J connectivity index is 4.47. The average molecular weight is 826 g/mol. The minimum Gasteiger partial charge on any atom is -0.462 e. The summed E-state index contributed by atoms with van der Waals surface area (Å²) in [5, 5.41) is 0. The molecule has 0 aliphatic heterocycles. The zero-order chi connectivity index (χ0) is 42.6. The van der Waals surface area contributed by atoms with Crippen LogP contribution in [0.1, 0.15) is 123 Å². The second-order valence-corrected chi connectivity index (χ2v) is 14.6. The van der Waals surface area contributed by atoms with Crippen LogP contribution in [0, 0.1) is 0 Å². The second kappa shape index (κ2) is 41.2. The Morgan fingerprint density at radius 2 is 1.12 bits per heavy atom. The summed E-state index contributed by atoms with van der Waals surface area (Å²) in [6.45, 7) is 3.24. The Labute approximate surface area is 349 Å². The first-order valence-corrected chi connectivity index (χ1v) is 22.5. The van der Waals surface area contributed by atoms with Crippen LogP contribution >= 0.6 is 7.82 Å². The Morgan fingerprint density at radius 1 is 0.586 bits per heavy atom. The van der Waals surface area contributed by atoms with E-state index in [4.69, 9.17) is 24.3 Å². The molecule has 11 heteroatoms. The highest BCUT2D eigenvalue weighted by Gasteiger charge is 2.25. The van der Waals surface area contributed by atoms with Crippen LogP contribution in [0.4, 0.5) is 0 Å². The van der Waals surface area contributed by atoms with Gasteiger partial charge in [0, 0.05) is 25.8 Å². The van der Waals surface area contributed by atoms with Crippen molar-refractivity contribution in [1.29, 1.82) is 0 Å². The molecule has 0 fully saturated rings. The molecule has 1 unspecified atom stereocenters. The molecule has 0 spiro atoms. The third-order valence-electron chi connectivity index (χ3n) is 7.82. The summed E-state index contributed by atoms with van der Waals surface area (Å²) < 4.78 is 32.6. The fraction of sp³-hybridized carbons (Fsp3) is 0.511. The molecule has 0 aromatic rings. The number of phosphoric ester groups is 1. The van der Waals surface area contributed by atoms with E-state index in [1.807, 2.05) is 48.6 Å². The standard InChI is InChI=1S/C47H72NO9P/c1-3-5-7-8-9-10-11-12-13-14-15-16-17-18-21-24-27-30-34-38-46(50)54-42-45(43-56-58(52,53)55-41-40-48)57-47(51)39-35-31-28-25-22-19-20-23-26-29-33-37-44(49)36-32-6-4-2/h5,7,9-10,12-13,15-16,18-21,25-30,33,37,45H,3-4,6,8,11,14,17,22-24,31-32,34-36,38-43,48H2,1-2H3,(H,52,53)/b7-5-,10-9-,13-12-,16-15-,20-19-,21-18-,28-25-,29-26-,30-27-,37-33+/t45-/m1/s1. The predicted molar refractivity (Wildman–Crippen MR) is 238 cm³/mol. The van der Waals surface area contributed by atoms with E-state index in [0.717, 1.165) is 70.6 Å². The Bertz CT molecular complexity index is 1420. The highest BCUT2D eigenvalue weighted by atomic mass is 31.2. The largest absolute Gasteiger partial charge is 0.472 e. The van der Waals surface area contributed by atoms with Gasteiger partial charge in [-0.15, -0.1) is 0 Å². The van der Waals surface area contributed by atoms with E-state index in [0.29, 0.717) is 25.7 Å². The van der Waals surface area contributed by atoms with E-state index in [1.54, 1.807) is 12.2 Å². The zero-order valence-corrected chi connectivity index (χ0v) is 36.1. The third kappa shape index (κ3) is 40.3. The molecule has 0 heterocycles. The number of phosphoric acid groups is 1. The van der Waals surface area contributed by atoms with Gasteiger partial charge >= 0.3 is 19.8 Å². The lowest BCUT2D eigenvalue weighted by Gasteiger charge is -2.19. The van der Waals surface area contributed by atoms with E-state index >= 15 is 0 Å². The summed E-state index contributed by atoms with van der Waals surface area (Å²) in [6.07, 6.45) is 52.3. The molecule has 0 aliphatic rings. The van der Waals surface area contributed by atoms with E-state index < -0.39 is 32.5 Å². The molecule has 0 aliphatic carbocycles. The van der Waals surface area contributed by atoms with Crippen molar-refractivity contribution in [3.8, 4) is 0 Å². The highest BCUT2D eigenvalue weighted by Crippen LogP contribution is 2.43. The maximum absolute atomic E-state index is 12.5. The van der Waals surface area contributed by atoms with Crippen LogP contribution in [0.25, 0.3) is 0 Å². The molecule has 324 valence electrons. The van der Waals surface area contributed by atoms with Crippen LogP contribution in [0.5, 0.6) is 0 Å². The number of allylic oxidation sites excluding steroid dienone is 20. The molecule has 0 aromatic carbocycles. The van der Waals surface area contributed by atoms with Gasteiger partial charge in [-0.05, 0) is 83.1 Å². The van der Waals surface area contributed by atoms with E-state index in [-0.39, 0.29) is 38.4 Å². The van der Waals surface area contributed by atoms with E-state index in [2.05, 4.69) is 74.6 Å². The Morgan fingerprint density at radius 3 is 1.67 bits per heavy atom. The molecule has 0 bridgehead atoms. The van der Waals surface area contributed by atoms with Crippen LogP contribution in [-0.2, 0) is 37.5 Å². The highest BCUT2D eigenvalue weighted by molar-refractivity contribution is 7.47. The number of carbonyl (C=O) groups is 3. The molecule has 58 heavy (non-hydrogen) atoms. The van der Waals surface area contributed by atoms with E-state index in [9.17, 15) is 23.8 Å². The van der Waals surface area contributed by atoms with Crippen LogP contribution in [-0.4, -0.2) is 55.1 Å². The zero-order valence-electron chi connectivity index (χ0n) is 35.2. The van der Waals surface area contributed by atoms with Gasteiger partial charge in [0.1, 0.15) is 6.61 Å². The smallest absolute Gasteiger partial charge is 0.462 e. The summed E-state index contributed by atoms with van der Waals surface area (Å²) in [7, 11) is -4.43. The summed E-state index contributed by atoms with van der Waals surface area (Å²) in [4.78, 5) is 46.5. The maximum atomic E-state index is 12.5. The van der Waals surface area contributed by atoms with Crippen molar-refractivity contribution in [2.24, 2.45) is 5.73 Å². The summed E-state index contributed by atoms with van der Waals surface area (Å²) in [5.41, 5.74) is 5.33. The van der Waals surface area contributed by atoms with Crippen molar-refractivity contribution in [1.82, 2.24) is 0 Å². The third-order valence-corrected chi connectivity index (χ3v) is 8.81. The van der Waals surface area contributed by atoms with Gasteiger partial charge in [0.05, 0.1) is 13.2 Å². The van der Waals surface area contributed by atoms with Gasteiger partial charge in [-0.1, -0.05) is 142 Å². The van der Waals surface area contributed by atoms with Gasteiger partial charge in [-0.25, -0.2) is 4.57 Å². The van der Waals surface area contributed by atoms with Crippen LogP contribution in [0.2, 0.25) is 0 Å². The van der Waals surface area contributed by atoms with Gasteiger partial charge in [0.2, 0.25) is 0 Å². The van der Waals surface area contributed by atoms with Crippen molar-refractivity contribution >= 4 is 25.5 Å². The molecular formula is C47H72NO9P. The monoisotopic (exact) mass is 825 g/mol. The molecule has 0 saturated carbocycles. The van der Waals surface area contributed by atoms with Gasteiger partial charge < -0.3 is 20.1 Å². The van der Waals surface area contributed by atoms with Crippen LogP contribution < -0.4 is 5.73 Å². The minimum absolute atomic E-state index is 0.0179. The molecular weight excluding hydrogens is 753 g/mol. The fourth-order valence-corrected chi connectivity index (χ4v) is 5.49. The number of esters is 2. The van der Waals surface area contributed by atoms with Gasteiger partial charge in [0.15, 0.2) is 11.9 Å². The molecule has 2 atom stereocenters. The number of nitrogens with two attached hydrogens (primary N) is 1. The first-order valence-electron chi connectivity index (χ1n) is 21.0. The lowest BCUT2D eigenvalue weighted by Crippen LogP contribution is -2.29. The SMILES string of the molecule is CC/C=C\C/C=C\C/C=C\C/C=C\C/C=C\C/C=C\CCC(=O)OC[C@H](COP(=O)(O)OCCN)OC(=O)CCC/C=C\C/C=C\C/C=C\C=C\C(=O)CCCCC. The molecule has 10 nitrogen and oxygen atoms in total. The van der Waals surface area contributed by atoms with Crippen LogP contribution in [0.15, 0.2) is 122 Å². The van der Waals surface area contributed by atoms with Gasteiger partial charge in [-0.3, -0.25) is 23.4 Å².